The summed E-state index contributed by atoms with van der Waals surface area (Å²) in [5.41, 5.74) is -1.11. The maximum Gasteiger partial charge on any atom is 0.410 e. The van der Waals surface area contributed by atoms with Crippen LogP contribution in [0.5, 0.6) is 0 Å². The molecule has 2 unspecified atom stereocenters. The van der Waals surface area contributed by atoms with Crippen molar-refractivity contribution in [1.82, 2.24) is 10.2 Å². The molecule has 0 aromatic heterocycles. The summed E-state index contributed by atoms with van der Waals surface area (Å²) in [6.07, 6.45) is 2.67. The molecule has 0 aromatic carbocycles. The predicted molar refractivity (Wildman–Crippen MR) is 84.4 cm³/mol. The van der Waals surface area contributed by atoms with E-state index in [-0.39, 0.29) is 24.7 Å². The van der Waals surface area contributed by atoms with E-state index < -0.39 is 17.1 Å². The van der Waals surface area contributed by atoms with Gasteiger partial charge in [0.25, 0.3) is 0 Å². The number of amides is 1. The van der Waals surface area contributed by atoms with E-state index in [0.29, 0.717) is 13.1 Å². The predicted octanol–water partition coefficient (Wildman–Crippen LogP) is 1.61. The Hall–Kier alpha value is -1.34. The monoisotopic (exact) mass is 328 g/mol. The van der Waals surface area contributed by atoms with Crippen molar-refractivity contribution in [1.29, 1.82) is 0 Å². The van der Waals surface area contributed by atoms with E-state index >= 15 is 0 Å². The molecular formula is C16H28N2O5. The van der Waals surface area contributed by atoms with Crippen molar-refractivity contribution in [2.45, 2.75) is 69.7 Å². The molecule has 0 radical (unpaired) electrons. The topological polar surface area (TPSA) is 88.1 Å². The molecule has 1 aliphatic heterocycles. The van der Waals surface area contributed by atoms with E-state index in [1.807, 2.05) is 20.8 Å². The Morgan fingerprint density at radius 2 is 1.96 bits per heavy atom. The van der Waals surface area contributed by atoms with E-state index in [9.17, 15) is 14.7 Å². The van der Waals surface area contributed by atoms with E-state index in [4.69, 9.17) is 9.47 Å². The number of hydrogen-bond donors (Lipinski definition) is 2. The quantitative estimate of drug-likeness (QED) is 0.797. The van der Waals surface area contributed by atoms with Crippen molar-refractivity contribution in [3.05, 3.63) is 0 Å². The van der Waals surface area contributed by atoms with Crippen LogP contribution in [0.4, 0.5) is 4.79 Å². The van der Waals surface area contributed by atoms with Gasteiger partial charge in [-0.05, 0) is 40.0 Å². The Balaban J connectivity index is 1.92. The van der Waals surface area contributed by atoms with Gasteiger partial charge in [-0.15, -0.1) is 0 Å². The summed E-state index contributed by atoms with van der Waals surface area (Å²) < 4.78 is 10.7. The molecular weight excluding hydrogens is 300 g/mol. The lowest BCUT2D eigenvalue weighted by molar-refractivity contribution is -0.141. The van der Waals surface area contributed by atoms with Crippen LogP contribution in [0.1, 0.15) is 46.5 Å². The molecule has 2 N–H and O–H groups in total. The molecule has 2 rings (SSSR count). The van der Waals surface area contributed by atoms with Gasteiger partial charge < -0.3 is 24.8 Å². The van der Waals surface area contributed by atoms with Crippen molar-refractivity contribution in [3.63, 3.8) is 0 Å². The first kappa shape index (κ1) is 18.0. The molecule has 1 amide bonds. The summed E-state index contributed by atoms with van der Waals surface area (Å²) >= 11 is 0. The van der Waals surface area contributed by atoms with Gasteiger partial charge >= 0.3 is 12.1 Å². The van der Waals surface area contributed by atoms with Crippen LogP contribution in [-0.4, -0.2) is 65.6 Å². The highest BCUT2D eigenvalue weighted by Crippen LogP contribution is 2.31. The Kier molecular flexibility index (Phi) is 5.20. The second kappa shape index (κ2) is 6.65. The fraction of sp³-hybridized carbons (Fsp3) is 0.875. The number of carboxylic acids is 1. The first-order chi connectivity index (χ1) is 10.6. The van der Waals surface area contributed by atoms with Crippen molar-refractivity contribution in [3.8, 4) is 0 Å². The van der Waals surface area contributed by atoms with Crippen molar-refractivity contribution in [2.24, 2.45) is 0 Å². The van der Waals surface area contributed by atoms with Crippen LogP contribution in [-0.2, 0) is 14.3 Å². The third-order valence-electron chi connectivity index (χ3n) is 4.36. The molecule has 2 atom stereocenters. The number of rotatable bonds is 5. The lowest BCUT2D eigenvalue weighted by Crippen LogP contribution is -2.72. The smallest absolute Gasteiger partial charge is 0.410 e. The number of ether oxygens (including phenoxy) is 2. The van der Waals surface area contributed by atoms with Gasteiger partial charge in [-0.1, -0.05) is 0 Å². The molecule has 1 heterocycles. The molecule has 0 spiro atoms. The van der Waals surface area contributed by atoms with E-state index in [0.717, 1.165) is 19.3 Å². The lowest BCUT2D eigenvalue weighted by atomic mass is 9.85. The van der Waals surface area contributed by atoms with Gasteiger partial charge in [-0.3, -0.25) is 4.79 Å². The number of aliphatic carboxylic acids is 1. The van der Waals surface area contributed by atoms with Crippen LogP contribution in [0, 0.1) is 0 Å². The van der Waals surface area contributed by atoms with Crippen molar-refractivity contribution < 1.29 is 24.2 Å². The zero-order chi connectivity index (χ0) is 17.3. The van der Waals surface area contributed by atoms with Crippen molar-refractivity contribution >= 4 is 12.1 Å². The third kappa shape index (κ3) is 4.81. The Bertz CT molecular complexity index is 454. The van der Waals surface area contributed by atoms with Crippen LogP contribution in [0.25, 0.3) is 0 Å². The molecule has 0 bridgehead atoms. The molecule has 2 fully saturated rings. The molecule has 7 nitrogen and oxygen atoms in total. The molecule has 132 valence electrons. The summed E-state index contributed by atoms with van der Waals surface area (Å²) in [5, 5.41) is 12.7. The normalized spacial score (nSPS) is 26.7. The van der Waals surface area contributed by atoms with Crippen LogP contribution in [0.15, 0.2) is 0 Å². The highest BCUT2D eigenvalue weighted by molar-refractivity contribution is 5.73. The van der Waals surface area contributed by atoms with Gasteiger partial charge in [0.1, 0.15) is 5.60 Å². The number of carboxylic acid groups (broad SMARTS) is 1. The minimum Gasteiger partial charge on any atom is -0.481 e. The van der Waals surface area contributed by atoms with Gasteiger partial charge in [0.15, 0.2) is 0 Å². The number of hydrogen-bond acceptors (Lipinski definition) is 5. The largest absolute Gasteiger partial charge is 0.481 e. The maximum atomic E-state index is 12.1. The first-order valence-corrected chi connectivity index (χ1v) is 8.13. The zero-order valence-electron chi connectivity index (χ0n) is 14.4. The Morgan fingerprint density at radius 1 is 1.30 bits per heavy atom. The van der Waals surface area contributed by atoms with Gasteiger partial charge in [0, 0.05) is 26.2 Å². The Labute approximate surface area is 137 Å². The second-order valence-corrected chi connectivity index (χ2v) is 7.70. The molecule has 2 aliphatic rings. The van der Waals surface area contributed by atoms with Gasteiger partial charge in [-0.2, -0.15) is 0 Å². The molecule has 1 saturated heterocycles. The number of nitrogens with one attached hydrogen (secondary N) is 1. The van der Waals surface area contributed by atoms with Crippen LogP contribution in [0.2, 0.25) is 0 Å². The lowest BCUT2D eigenvalue weighted by Gasteiger charge is -2.51. The number of nitrogens with zero attached hydrogens (tertiary/aromatic N) is 1. The Morgan fingerprint density at radius 3 is 2.43 bits per heavy atom. The van der Waals surface area contributed by atoms with E-state index in [2.05, 4.69) is 5.32 Å². The fourth-order valence-electron chi connectivity index (χ4n) is 3.40. The third-order valence-corrected chi connectivity index (χ3v) is 4.36. The van der Waals surface area contributed by atoms with Crippen LogP contribution < -0.4 is 5.32 Å². The number of methoxy groups -OCH3 is 1. The summed E-state index contributed by atoms with van der Waals surface area (Å²) in [4.78, 5) is 24.8. The van der Waals surface area contributed by atoms with E-state index in [1.54, 1.807) is 12.0 Å². The highest BCUT2D eigenvalue weighted by atomic mass is 16.6. The zero-order valence-corrected chi connectivity index (χ0v) is 14.4. The SMILES string of the molecule is COC1CCC(NC2(CC(=O)O)CN(C(=O)OC(C)(C)C)C2)C1. The maximum absolute atomic E-state index is 12.1. The minimum absolute atomic E-state index is 0.000443. The average Bonchev–Trinajstić information content (AvgIpc) is 2.79. The number of likely N-dealkylation sites (tertiary alicyclic amines) is 1. The van der Waals surface area contributed by atoms with E-state index in [1.165, 1.54) is 0 Å². The van der Waals surface area contributed by atoms with Gasteiger partial charge in [-0.25, -0.2) is 4.79 Å². The van der Waals surface area contributed by atoms with Crippen LogP contribution in [0.3, 0.4) is 0 Å². The average molecular weight is 328 g/mol. The number of carbonyl (C=O) groups is 2. The summed E-state index contributed by atoms with van der Waals surface area (Å²) in [7, 11) is 1.70. The molecule has 7 heteroatoms. The first-order valence-electron chi connectivity index (χ1n) is 8.13. The molecule has 1 aliphatic carbocycles. The highest BCUT2D eigenvalue weighted by Gasteiger charge is 2.49. The second-order valence-electron chi connectivity index (χ2n) is 7.70. The minimum atomic E-state index is -0.859. The molecule has 1 saturated carbocycles. The van der Waals surface area contributed by atoms with Gasteiger partial charge in [0.2, 0.25) is 0 Å². The van der Waals surface area contributed by atoms with Crippen LogP contribution >= 0.6 is 0 Å². The number of carbonyl (C=O) groups excluding carboxylic acids is 1. The molecule has 23 heavy (non-hydrogen) atoms. The standard InChI is InChI=1S/C16H28N2O5/c1-15(2,3)23-14(21)18-9-16(10-18,8-13(19)20)17-11-5-6-12(7-11)22-4/h11-12,17H,5-10H2,1-4H3,(H,19,20). The van der Waals surface area contributed by atoms with Crippen molar-refractivity contribution in [2.75, 3.05) is 20.2 Å². The van der Waals surface area contributed by atoms with Gasteiger partial charge in [0.05, 0.1) is 18.1 Å². The summed E-state index contributed by atoms with van der Waals surface area (Å²) in [6.45, 7) is 6.18. The molecule has 0 aromatic rings. The summed E-state index contributed by atoms with van der Waals surface area (Å²) in [5.74, 6) is -0.859. The fourth-order valence-corrected chi connectivity index (χ4v) is 3.40. The summed E-state index contributed by atoms with van der Waals surface area (Å²) in [6, 6.07) is 0.236.